The van der Waals surface area contributed by atoms with E-state index in [1.54, 1.807) is 4.90 Å². The van der Waals surface area contributed by atoms with E-state index >= 15 is 0 Å². The Morgan fingerprint density at radius 3 is 2.42 bits per heavy atom. The highest BCUT2D eigenvalue weighted by Gasteiger charge is 2.26. The molecule has 1 N–H and O–H groups in total. The monoisotopic (exact) mass is 278 g/mol. The lowest BCUT2D eigenvalue weighted by Crippen LogP contribution is -2.46. The number of carboxylic acid groups (broad SMARTS) is 1. The first kappa shape index (κ1) is 15.7. The maximum Gasteiger partial charge on any atom is 0.319 e. The Morgan fingerprint density at radius 1 is 1.37 bits per heavy atom. The summed E-state index contributed by atoms with van der Waals surface area (Å²) >= 11 is 0. The standard InChI is InChI=1S/C12H20F2N2O3/c1-15(8-10(13)14)12(19)16-6-4-9(5-7-16)2-3-11(17)18/h9-10H,2-8H2,1H3,(H,17,18). The summed E-state index contributed by atoms with van der Waals surface area (Å²) in [7, 11) is 1.37. The summed E-state index contributed by atoms with van der Waals surface area (Å²) in [5.74, 6) is -0.504. The molecule has 5 nitrogen and oxygen atoms in total. The second-order valence-electron chi connectivity index (χ2n) is 4.92. The molecular weight excluding hydrogens is 258 g/mol. The fourth-order valence-corrected chi connectivity index (χ4v) is 2.27. The molecule has 0 unspecified atom stereocenters. The van der Waals surface area contributed by atoms with Crippen molar-refractivity contribution in [2.75, 3.05) is 26.7 Å². The van der Waals surface area contributed by atoms with E-state index in [1.165, 1.54) is 7.05 Å². The number of piperidine rings is 1. The summed E-state index contributed by atoms with van der Waals surface area (Å²) in [5, 5.41) is 8.60. The van der Waals surface area contributed by atoms with E-state index in [0.717, 1.165) is 17.7 Å². The normalized spacial score (nSPS) is 16.7. The Hall–Kier alpha value is -1.40. The largest absolute Gasteiger partial charge is 0.481 e. The van der Waals surface area contributed by atoms with Crippen LogP contribution in [-0.4, -0.2) is 60.0 Å². The highest BCUT2D eigenvalue weighted by molar-refractivity contribution is 5.74. The van der Waals surface area contributed by atoms with Crippen molar-refractivity contribution in [2.24, 2.45) is 5.92 Å². The van der Waals surface area contributed by atoms with E-state index in [-0.39, 0.29) is 12.5 Å². The second kappa shape index (κ2) is 7.25. The smallest absolute Gasteiger partial charge is 0.319 e. The molecule has 1 saturated heterocycles. The van der Waals surface area contributed by atoms with Gasteiger partial charge in [-0.1, -0.05) is 0 Å². The fraction of sp³-hybridized carbons (Fsp3) is 0.833. The number of carbonyl (C=O) groups excluding carboxylic acids is 1. The van der Waals surface area contributed by atoms with Crippen LogP contribution < -0.4 is 0 Å². The Bertz CT molecular complexity index is 318. The molecule has 0 saturated carbocycles. The van der Waals surface area contributed by atoms with Gasteiger partial charge < -0.3 is 14.9 Å². The predicted molar refractivity (Wildman–Crippen MR) is 65.2 cm³/mol. The topological polar surface area (TPSA) is 60.9 Å². The quantitative estimate of drug-likeness (QED) is 0.835. The van der Waals surface area contributed by atoms with Gasteiger partial charge >= 0.3 is 12.0 Å². The minimum absolute atomic E-state index is 0.143. The number of likely N-dealkylation sites (tertiary alicyclic amines) is 1. The lowest BCUT2D eigenvalue weighted by atomic mass is 9.92. The second-order valence-corrected chi connectivity index (χ2v) is 4.92. The first-order chi connectivity index (χ1) is 8.90. The molecule has 0 aromatic heterocycles. The van der Waals surface area contributed by atoms with Gasteiger partial charge in [0.25, 0.3) is 6.43 Å². The molecule has 0 radical (unpaired) electrons. The number of aliphatic carboxylic acids is 1. The van der Waals surface area contributed by atoms with Gasteiger partial charge in [0.1, 0.15) is 0 Å². The number of carboxylic acids is 1. The molecule has 7 heteroatoms. The number of hydrogen-bond acceptors (Lipinski definition) is 2. The zero-order valence-electron chi connectivity index (χ0n) is 11.0. The lowest BCUT2D eigenvalue weighted by Gasteiger charge is -2.34. The molecule has 1 aliphatic rings. The van der Waals surface area contributed by atoms with Gasteiger partial charge in [0.05, 0.1) is 6.54 Å². The van der Waals surface area contributed by atoms with Gasteiger partial charge in [-0.2, -0.15) is 0 Å². The van der Waals surface area contributed by atoms with Crippen LogP contribution in [0.5, 0.6) is 0 Å². The molecule has 0 spiro atoms. The zero-order chi connectivity index (χ0) is 14.4. The van der Waals surface area contributed by atoms with Crippen molar-refractivity contribution in [2.45, 2.75) is 32.1 Å². The van der Waals surface area contributed by atoms with Gasteiger partial charge in [0.15, 0.2) is 0 Å². The number of urea groups is 1. The molecule has 1 heterocycles. The molecular formula is C12H20F2N2O3. The van der Waals surface area contributed by atoms with Crippen molar-refractivity contribution in [3.63, 3.8) is 0 Å². The van der Waals surface area contributed by atoms with Crippen LogP contribution in [0.3, 0.4) is 0 Å². The van der Waals surface area contributed by atoms with Crippen LogP contribution in [0.1, 0.15) is 25.7 Å². The number of rotatable bonds is 5. The van der Waals surface area contributed by atoms with Crippen LogP contribution in [0, 0.1) is 5.92 Å². The minimum Gasteiger partial charge on any atom is -0.481 e. The van der Waals surface area contributed by atoms with Crippen LogP contribution in [0.2, 0.25) is 0 Å². The number of carbonyl (C=O) groups is 2. The van der Waals surface area contributed by atoms with Gasteiger partial charge in [-0.15, -0.1) is 0 Å². The Balaban J connectivity index is 2.32. The molecule has 0 aromatic carbocycles. The molecule has 1 fully saturated rings. The summed E-state index contributed by atoms with van der Waals surface area (Å²) < 4.78 is 24.4. The number of hydrogen-bond donors (Lipinski definition) is 1. The number of amides is 2. The van der Waals surface area contributed by atoms with Crippen molar-refractivity contribution in [3.8, 4) is 0 Å². The van der Waals surface area contributed by atoms with E-state index in [9.17, 15) is 18.4 Å². The third-order valence-corrected chi connectivity index (χ3v) is 3.39. The maximum absolute atomic E-state index is 12.2. The first-order valence-electron chi connectivity index (χ1n) is 6.40. The molecule has 1 aliphatic heterocycles. The van der Waals surface area contributed by atoms with Gasteiger partial charge in [-0.25, -0.2) is 13.6 Å². The van der Waals surface area contributed by atoms with Crippen molar-refractivity contribution in [3.05, 3.63) is 0 Å². The third kappa shape index (κ3) is 5.40. The molecule has 19 heavy (non-hydrogen) atoms. The summed E-state index contributed by atoms with van der Waals surface area (Å²) in [5.41, 5.74) is 0. The highest BCUT2D eigenvalue weighted by Crippen LogP contribution is 2.22. The van der Waals surface area contributed by atoms with Crippen molar-refractivity contribution in [1.29, 1.82) is 0 Å². The molecule has 110 valence electrons. The Morgan fingerprint density at radius 2 is 1.95 bits per heavy atom. The van der Waals surface area contributed by atoms with Gasteiger partial charge in [0.2, 0.25) is 0 Å². The highest BCUT2D eigenvalue weighted by atomic mass is 19.3. The molecule has 0 atom stereocenters. The Labute approximate surface area is 111 Å². The van der Waals surface area contributed by atoms with Crippen LogP contribution in [0.15, 0.2) is 0 Å². The van der Waals surface area contributed by atoms with E-state index < -0.39 is 18.9 Å². The molecule has 0 aliphatic carbocycles. The van der Waals surface area contributed by atoms with Crippen molar-refractivity contribution >= 4 is 12.0 Å². The average Bonchev–Trinajstić information content (AvgIpc) is 2.35. The molecule has 2 amide bonds. The van der Waals surface area contributed by atoms with Crippen LogP contribution in [-0.2, 0) is 4.79 Å². The van der Waals surface area contributed by atoms with Crippen LogP contribution >= 0.6 is 0 Å². The first-order valence-corrected chi connectivity index (χ1v) is 6.40. The molecule has 0 aromatic rings. The van der Waals surface area contributed by atoms with Crippen molar-refractivity contribution < 1.29 is 23.5 Å². The van der Waals surface area contributed by atoms with E-state index in [4.69, 9.17) is 5.11 Å². The number of halogens is 2. The summed E-state index contributed by atoms with van der Waals surface area (Å²) in [4.78, 5) is 24.9. The molecule has 1 rings (SSSR count). The van der Waals surface area contributed by atoms with Gasteiger partial charge in [-0.05, 0) is 25.2 Å². The zero-order valence-corrected chi connectivity index (χ0v) is 11.0. The van der Waals surface area contributed by atoms with Gasteiger partial charge in [0, 0.05) is 26.6 Å². The molecule has 0 bridgehead atoms. The fourth-order valence-electron chi connectivity index (χ4n) is 2.27. The van der Waals surface area contributed by atoms with Crippen LogP contribution in [0.4, 0.5) is 13.6 Å². The minimum atomic E-state index is -2.53. The van der Waals surface area contributed by atoms with Crippen molar-refractivity contribution in [1.82, 2.24) is 9.80 Å². The van der Waals surface area contributed by atoms with E-state index in [2.05, 4.69) is 0 Å². The SMILES string of the molecule is CN(CC(F)F)C(=O)N1CCC(CCC(=O)O)CC1. The van der Waals surface area contributed by atoms with E-state index in [0.29, 0.717) is 25.4 Å². The summed E-state index contributed by atoms with van der Waals surface area (Å²) in [6.45, 7) is 0.463. The van der Waals surface area contributed by atoms with Crippen LogP contribution in [0.25, 0.3) is 0 Å². The number of nitrogens with zero attached hydrogens (tertiary/aromatic N) is 2. The van der Waals surface area contributed by atoms with E-state index in [1.807, 2.05) is 0 Å². The lowest BCUT2D eigenvalue weighted by molar-refractivity contribution is -0.137. The maximum atomic E-state index is 12.2. The number of alkyl halides is 2. The summed E-state index contributed by atoms with van der Waals surface area (Å²) in [6.07, 6.45) is -0.293. The Kier molecular flexibility index (Phi) is 5.98. The third-order valence-electron chi connectivity index (χ3n) is 3.39. The van der Waals surface area contributed by atoms with Gasteiger partial charge in [-0.3, -0.25) is 4.79 Å². The average molecular weight is 278 g/mol. The predicted octanol–water partition coefficient (Wildman–Crippen LogP) is 1.88. The summed E-state index contributed by atoms with van der Waals surface area (Å²) in [6, 6.07) is -0.378.